The minimum absolute atomic E-state index is 0.0564. The normalized spacial score (nSPS) is 15.5. The van der Waals surface area contributed by atoms with E-state index in [1.54, 1.807) is 23.1 Å². The zero-order valence-electron chi connectivity index (χ0n) is 17.1. The predicted octanol–water partition coefficient (Wildman–Crippen LogP) is 5.18. The third-order valence-corrected chi connectivity index (χ3v) is 6.16. The van der Waals surface area contributed by atoms with Gasteiger partial charge in [0.2, 0.25) is 11.8 Å². The Morgan fingerprint density at radius 3 is 2.59 bits per heavy atom. The molecule has 1 fully saturated rings. The molecule has 0 saturated carbocycles. The maximum absolute atomic E-state index is 12.6. The van der Waals surface area contributed by atoms with Crippen molar-refractivity contribution in [3.8, 4) is 5.75 Å². The van der Waals surface area contributed by atoms with Crippen molar-refractivity contribution in [2.24, 2.45) is 5.92 Å². The van der Waals surface area contributed by atoms with E-state index in [1.165, 1.54) is 0 Å². The summed E-state index contributed by atoms with van der Waals surface area (Å²) in [4.78, 5) is 26.6. The quantitative estimate of drug-likeness (QED) is 0.426. The number of amides is 2. The summed E-state index contributed by atoms with van der Waals surface area (Å²) in [6, 6.07) is 22.3. The van der Waals surface area contributed by atoms with Gasteiger partial charge in [0, 0.05) is 29.2 Å². The molecule has 2 amide bonds. The number of benzene rings is 3. The Morgan fingerprint density at radius 2 is 1.84 bits per heavy atom. The molecule has 0 unspecified atom stereocenters. The van der Waals surface area contributed by atoms with Crippen molar-refractivity contribution in [3.05, 3.63) is 87.9 Å². The molecule has 1 heterocycles. The van der Waals surface area contributed by atoms with E-state index >= 15 is 0 Å². The molecule has 0 spiro atoms. The lowest BCUT2D eigenvalue weighted by Gasteiger charge is -2.17. The van der Waals surface area contributed by atoms with Gasteiger partial charge in [0.15, 0.2) is 0 Å². The summed E-state index contributed by atoms with van der Waals surface area (Å²) in [6.45, 7) is 0.699. The molecule has 1 atom stereocenters. The van der Waals surface area contributed by atoms with Gasteiger partial charge in [-0.1, -0.05) is 48.0 Å². The van der Waals surface area contributed by atoms with Crippen LogP contribution in [-0.2, 0) is 16.2 Å². The van der Waals surface area contributed by atoms with Gasteiger partial charge >= 0.3 is 0 Å². The molecule has 32 heavy (non-hydrogen) atoms. The molecule has 0 radical (unpaired) electrons. The number of rotatable bonds is 7. The zero-order chi connectivity index (χ0) is 22.5. The minimum atomic E-state index is -0.420. The SMILES string of the molecule is O=C(NNc1ccc(OCc2ccccc2Cl)c(Br)c1)[C@H]1CC(=O)N(c2ccccc2)C1. The number of halogens is 2. The highest BCUT2D eigenvalue weighted by atomic mass is 79.9. The number of hydrogen-bond acceptors (Lipinski definition) is 4. The minimum Gasteiger partial charge on any atom is -0.488 e. The van der Waals surface area contributed by atoms with Crippen LogP contribution < -0.4 is 20.5 Å². The summed E-state index contributed by atoms with van der Waals surface area (Å²) in [5, 5.41) is 0.654. The summed E-state index contributed by atoms with van der Waals surface area (Å²) >= 11 is 9.66. The van der Waals surface area contributed by atoms with Crippen LogP contribution in [0.1, 0.15) is 12.0 Å². The lowest BCUT2D eigenvalue weighted by molar-refractivity contribution is -0.125. The van der Waals surface area contributed by atoms with Crippen molar-refractivity contribution in [2.45, 2.75) is 13.0 Å². The van der Waals surface area contributed by atoms with Gasteiger partial charge in [0.25, 0.3) is 0 Å². The summed E-state index contributed by atoms with van der Waals surface area (Å²) in [5.74, 6) is -0.0513. The predicted molar refractivity (Wildman–Crippen MR) is 129 cm³/mol. The molecule has 8 heteroatoms. The van der Waals surface area contributed by atoms with Crippen molar-refractivity contribution in [2.75, 3.05) is 16.9 Å². The molecule has 0 aromatic heterocycles. The van der Waals surface area contributed by atoms with Crippen LogP contribution in [0.5, 0.6) is 5.75 Å². The van der Waals surface area contributed by atoms with Crippen LogP contribution >= 0.6 is 27.5 Å². The van der Waals surface area contributed by atoms with Crippen molar-refractivity contribution in [3.63, 3.8) is 0 Å². The van der Waals surface area contributed by atoms with Gasteiger partial charge in [-0.3, -0.25) is 20.4 Å². The molecule has 0 bridgehead atoms. The van der Waals surface area contributed by atoms with Gasteiger partial charge in [0.05, 0.1) is 16.1 Å². The number of nitrogens with one attached hydrogen (secondary N) is 2. The molecule has 2 N–H and O–H groups in total. The standard InChI is InChI=1S/C24H21BrClN3O3/c25-20-13-18(10-11-22(20)32-15-16-6-4-5-9-21(16)26)27-28-24(31)17-12-23(30)29(14-17)19-7-2-1-3-8-19/h1-11,13,17,27H,12,14-15H2,(H,28,31)/t17-/m0/s1. The molecule has 3 aromatic carbocycles. The number of hydrogen-bond donors (Lipinski definition) is 2. The lowest BCUT2D eigenvalue weighted by atomic mass is 10.1. The smallest absolute Gasteiger partial charge is 0.243 e. The molecule has 3 aromatic rings. The van der Waals surface area contributed by atoms with Crippen LogP contribution in [-0.4, -0.2) is 18.4 Å². The second-order valence-corrected chi connectivity index (χ2v) is 8.64. The third kappa shape index (κ3) is 5.23. The molecule has 1 saturated heterocycles. The fourth-order valence-corrected chi connectivity index (χ4v) is 4.13. The molecule has 0 aliphatic carbocycles. The fourth-order valence-electron chi connectivity index (χ4n) is 3.44. The summed E-state index contributed by atoms with van der Waals surface area (Å²) in [5.41, 5.74) is 7.98. The Bertz CT molecular complexity index is 1130. The van der Waals surface area contributed by atoms with E-state index in [-0.39, 0.29) is 18.2 Å². The summed E-state index contributed by atoms with van der Waals surface area (Å²) in [6.07, 6.45) is 0.181. The van der Waals surface area contributed by atoms with E-state index in [0.29, 0.717) is 29.6 Å². The second-order valence-electron chi connectivity index (χ2n) is 7.38. The Labute approximate surface area is 199 Å². The van der Waals surface area contributed by atoms with Crippen molar-refractivity contribution in [1.29, 1.82) is 0 Å². The van der Waals surface area contributed by atoms with Crippen molar-refractivity contribution >= 4 is 50.7 Å². The number of anilines is 2. The molecular weight excluding hydrogens is 494 g/mol. The number of para-hydroxylation sites is 1. The van der Waals surface area contributed by atoms with E-state index in [4.69, 9.17) is 16.3 Å². The number of nitrogens with zero attached hydrogens (tertiary/aromatic N) is 1. The van der Waals surface area contributed by atoms with E-state index in [9.17, 15) is 9.59 Å². The highest BCUT2D eigenvalue weighted by Crippen LogP contribution is 2.30. The lowest BCUT2D eigenvalue weighted by Crippen LogP contribution is -2.36. The summed E-state index contributed by atoms with van der Waals surface area (Å²) in [7, 11) is 0. The Balaban J connectivity index is 1.31. The Hall–Kier alpha value is -3.03. The van der Waals surface area contributed by atoms with Gasteiger partial charge in [0.1, 0.15) is 12.4 Å². The average molecular weight is 515 g/mol. The third-order valence-electron chi connectivity index (χ3n) is 5.17. The van der Waals surface area contributed by atoms with Crippen LogP contribution in [0.25, 0.3) is 0 Å². The monoisotopic (exact) mass is 513 g/mol. The Kier molecular flexibility index (Phi) is 6.97. The second kappa shape index (κ2) is 10.1. The van der Waals surface area contributed by atoms with Crippen LogP contribution in [0, 0.1) is 5.92 Å². The van der Waals surface area contributed by atoms with E-state index in [0.717, 1.165) is 15.7 Å². The average Bonchev–Trinajstić information content (AvgIpc) is 3.20. The highest BCUT2D eigenvalue weighted by Gasteiger charge is 2.35. The van der Waals surface area contributed by atoms with Gasteiger partial charge in [-0.2, -0.15) is 0 Å². The summed E-state index contributed by atoms with van der Waals surface area (Å²) < 4.78 is 6.57. The fraction of sp³-hybridized carbons (Fsp3) is 0.167. The van der Waals surface area contributed by atoms with E-state index in [1.807, 2.05) is 54.6 Å². The largest absolute Gasteiger partial charge is 0.488 e. The maximum atomic E-state index is 12.6. The Morgan fingerprint density at radius 1 is 1.09 bits per heavy atom. The van der Waals surface area contributed by atoms with Crippen LogP contribution in [0.15, 0.2) is 77.3 Å². The first kappa shape index (κ1) is 22.2. The van der Waals surface area contributed by atoms with Crippen LogP contribution in [0.3, 0.4) is 0 Å². The number of carbonyl (C=O) groups excluding carboxylic acids is 2. The van der Waals surface area contributed by atoms with Crippen molar-refractivity contribution < 1.29 is 14.3 Å². The first-order valence-corrected chi connectivity index (χ1v) is 11.3. The molecule has 6 nitrogen and oxygen atoms in total. The molecular formula is C24H21BrClN3O3. The highest BCUT2D eigenvalue weighted by molar-refractivity contribution is 9.10. The topological polar surface area (TPSA) is 70.7 Å². The first-order valence-electron chi connectivity index (χ1n) is 10.1. The van der Waals surface area contributed by atoms with E-state index < -0.39 is 5.92 Å². The van der Waals surface area contributed by atoms with Crippen LogP contribution in [0.2, 0.25) is 5.02 Å². The number of hydrazine groups is 1. The van der Waals surface area contributed by atoms with Gasteiger partial charge in [-0.25, -0.2) is 0 Å². The van der Waals surface area contributed by atoms with Crippen LogP contribution in [0.4, 0.5) is 11.4 Å². The maximum Gasteiger partial charge on any atom is 0.243 e. The number of carbonyl (C=O) groups is 2. The molecule has 1 aliphatic rings. The number of ether oxygens (including phenoxy) is 1. The zero-order valence-corrected chi connectivity index (χ0v) is 19.4. The van der Waals surface area contributed by atoms with Gasteiger partial charge < -0.3 is 9.64 Å². The molecule has 1 aliphatic heterocycles. The van der Waals surface area contributed by atoms with Crippen molar-refractivity contribution in [1.82, 2.24) is 5.43 Å². The first-order chi connectivity index (χ1) is 15.5. The van der Waals surface area contributed by atoms with Gasteiger partial charge in [-0.05, 0) is 52.3 Å². The van der Waals surface area contributed by atoms with E-state index in [2.05, 4.69) is 26.8 Å². The van der Waals surface area contributed by atoms with Gasteiger partial charge in [-0.15, -0.1) is 0 Å². The molecule has 164 valence electrons. The molecule has 4 rings (SSSR count).